The normalized spacial score (nSPS) is 11.9. The first kappa shape index (κ1) is 20.7. The minimum Gasteiger partial charge on any atom is -0.497 e. The molecule has 0 heterocycles. The summed E-state index contributed by atoms with van der Waals surface area (Å²) in [6.45, 7) is 2.14. The zero-order chi connectivity index (χ0) is 19.8. The topological polar surface area (TPSA) is 58.6 Å². The van der Waals surface area contributed by atoms with Crippen molar-refractivity contribution >= 4 is 33.8 Å². The molecular formula is C21H23BrN2O3. The molecule has 1 atom stereocenters. The number of methoxy groups -OCH3 is 1. The molecule has 0 bridgehead atoms. The van der Waals surface area contributed by atoms with E-state index in [4.69, 9.17) is 4.74 Å². The maximum atomic E-state index is 12.5. The minimum atomic E-state index is -0.620. The van der Waals surface area contributed by atoms with Gasteiger partial charge in [-0.2, -0.15) is 0 Å². The van der Waals surface area contributed by atoms with Crippen LogP contribution in [0.5, 0.6) is 5.75 Å². The lowest BCUT2D eigenvalue weighted by Gasteiger charge is -2.22. The highest BCUT2D eigenvalue weighted by atomic mass is 79.9. The molecule has 0 aromatic heterocycles. The van der Waals surface area contributed by atoms with Gasteiger partial charge in [0.05, 0.1) is 7.11 Å². The monoisotopic (exact) mass is 430 g/mol. The first-order chi connectivity index (χ1) is 12.9. The number of benzene rings is 2. The quantitative estimate of drug-likeness (QED) is 0.682. The van der Waals surface area contributed by atoms with E-state index in [-0.39, 0.29) is 11.8 Å². The van der Waals surface area contributed by atoms with Crippen LogP contribution in [0.1, 0.15) is 18.1 Å². The van der Waals surface area contributed by atoms with Gasteiger partial charge in [-0.1, -0.05) is 46.3 Å². The lowest BCUT2D eigenvalue weighted by molar-refractivity contribution is -0.134. The fourth-order valence-corrected chi connectivity index (χ4v) is 2.91. The maximum Gasteiger partial charge on any atom is 0.244 e. The van der Waals surface area contributed by atoms with Gasteiger partial charge < -0.3 is 15.0 Å². The third kappa shape index (κ3) is 6.25. The molecule has 27 heavy (non-hydrogen) atoms. The Labute approximate surface area is 168 Å². The van der Waals surface area contributed by atoms with Crippen molar-refractivity contribution in [1.82, 2.24) is 10.2 Å². The Hall–Kier alpha value is -2.60. The van der Waals surface area contributed by atoms with Crippen LogP contribution in [-0.4, -0.2) is 36.9 Å². The number of amides is 2. The Morgan fingerprint density at radius 3 is 2.48 bits per heavy atom. The second kappa shape index (κ2) is 9.92. The number of rotatable bonds is 7. The predicted molar refractivity (Wildman–Crippen MR) is 110 cm³/mol. The summed E-state index contributed by atoms with van der Waals surface area (Å²) < 4.78 is 6.05. The van der Waals surface area contributed by atoms with E-state index < -0.39 is 6.04 Å². The number of ether oxygens (including phenoxy) is 1. The van der Waals surface area contributed by atoms with E-state index in [1.807, 2.05) is 48.5 Å². The highest BCUT2D eigenvalue weighted by Gasteiger charge is 2.19. The van der Waals surface area contributed by atoms with Gasteiger partial charge in [0.15, 0.2) is 0 Å². The van der Waals surface area contributed by atoms with E-state index in [0.29, 0.717) is 6.54 Å². The highest BCUT2D eigenvalue weighted by molar-refractivity contribution is 9.10. The van der Waals surface area contributed by atoms with Crippen molar-refractivity contribution in [3.8, 4) is 5.75 Å². The van der Waals surface area contributed by atoms with Gasteiger partial charge in [-0.25, -0.2) is 0 Å². The number of carbonyl (C=O) groups excluding carboxylic acids is 2. The van der Waals surface area contributed by atoms with Crippen LogP contribution in [0.3, 0.4) is 0 Å². The number of nitrogens with zero attached hydrogens (tertiary/aromatic N) is 1. The van der Waals surface area contributed by atoms with Crippen molar-refractivity contribution in [3.05, 3.63) is 70.2 Å². The Bertz CT molecular complexity index is 818. The predicted octanol–water partition coefficient (Wildman–Crippen LogP) is 3.63. The summed E-state index contributed by atoms with van der Waals surface area (Å²) >= 11 is 3.48. The molecule has 2 aromatic carbocycles. The number of halogens is 1. The molecule has 0 aliphatic heterocycles. The Balaban J connectivity index is 1.89. The summed E-state index contributed by atoms with van der Waals surface area (Å²) in [7, 11) is 3.32. The summed E-state index contributed by atoms with van der Waals surface area (Å²) in [5.74, 6) is 0.279. The van der Waals surface area contributed by atoms with Gasteiger partial charge in [-0.3, -0.25) is 9.59 Å². The first-order valence-electron chi connectivity index (χ1n) is 8.51. The van der Waals surface area contributed by atoms with Crippen molar-refractivity contribution in [2.24, 2.45) is 0 Å². The number of likely N-dealkylation sites (N-methyl/N-ethyl adjacent to an activating group) is 1. The molecule has 2 rings (SSSR count). The molecule has 0 saturated carbocycles. The fraction of sp³-hybridized carbons (Fsp3) is 0.238. The molecule has 6 heteroatoms. The van der Waals surface area contributed by atoms with Gasteiger partial charge in [-0.15, -0.1) is 0 Å². The zero-order valence-electron chi connectivity index (χ0n) is 15.6. The summed E-state index contributed by atoms with van der Waals surface area (Å²) in [5, 5.41) is 2.70. The van der Waals surface area contributed by atoms with Gasteiger partial charge in [0.2, 0.25) is 11.8 Å². The molecule has 5 nitrogen and oxygen atoms in total. The molecule has 0 radical (unpaired) electrons. The molecule has 0 aliphatic carbocycles. The van der Waals surface area contributed by atoms with Crippen LogP contribution in [0, 0.1) is 0 Å². The molecular weight excluding hydrogens is 408 g/mol. The third-order valence-electron chi connectivity index (χ3n) is 4.01. The van der Waals surface area contributed by atoms with E-state index in [1.165, 1.54) is 6.08 Å². The van der Waals surface area contributed by atoms with Crippen molar-refractivity contribution in [3.63, 3.8) is 0 Å². The minimum absolute atomic E-state index is 0.156. The molecule has 0 fully saturated rings. The van der Waals surface area contributed by atoms with Gasteiger partial charge in [0, 0.05) is 24.1 Å². The van der Waals surface area contributed by atoms with Crippen molar-refractivity contribution in [2.45, 2.75) is 19.5 Å². The standard InChI is InChI=1S/C21H23BrN2O3/c1-15(21(26)24(2)14-17-6-4-5-7-19(17)22)23-20(25)13-10-16-8-11-18(27-3)12-9-16/h4-13,15H,14H2,1-3H3,(H,23,25)/b13-10+. The number of hydrogen-bond acceptors (Lipinski definition) is 3. The third-order valence-corrected chi connectivity index (χ3v) is 4.79. The molecule has 1 unspecified atom stereocenters. The van der Waals surface area contributed by atoms with E-state index in [0.717, 1.165) is 21.3 Å². The number of hydrogen-bond donors (Lipinski definition) is 1. The van der Waals surface area contributed by atoms with Crippen LogP contribution in [0.15, 0.2) is 59.1 Å². The Morgan fingerprint density at radius 2 is 1.85 bits per heavy atom. The smallest absolute Gasteiger partial charge is 0.244 e. The zero-order valence-corrected chi connectivity index (χ0v) is 17.2. The lowest BCUT2D eigenvalue weighted by atomic mass is 10.2. The highest BCUT2D eigenvalue weighted by Crippen LogP contribution is 2.17. The second-order valence-electron chi connectivity index (χ2n) is 6.12. The van der Waals surface area contributed by atoms with Gasteiger partial charge >= 0.3 is 0 Å². The number of carbonyl (C=O) groups is 2. The SMILES string of the molecule is COc1ccc(/C=C/C(=O)NC(C)C(=O)N(C)Cc2ccccc2Br)cc1. The molecule has 0 aliphatic rings. The van der Waals surface area contributed by atoms with E-state index in [2.05, 4.69) is 21.2 Å². The Morgan fingerprint density at radius 1 is 1.19 bits per heavy atom. The van der Waals surface area contributed by atoms with E-state index in [9.17, 15) is 9.59 Å². The Kier molecular flexibility index (Phi) is 7.61. The van der Waals surface area contributed by atoms with Crippen LogP contribution in [0.25, 0.3) is 6.08 Å². The summed E-state index contributed by atoms with van der Waals surface area (Å²) in [5.41, 5.74) is 1.88. The lowest BCUT2D eigenvalue weighted by Crippen LogP contribution is -2.44. The van der Waals surface area contributed by atoms with Crippen LogP contribution in [0.4, 0.5) is 0 Å². The molecule has 2 amide bonds. The van der Waals surface area contributed by atoms with Crippen molar-refractivity contribution < 1.29 is 14.3 Å². The van der Waals surface area contributed by atoms with Gasteiger partial charge in [-0.05, 0) is 42.3 Å². The maximum absolute atomic E-state index is 12.5. The van der Waals surface area contributed by atoms with Crippen LogP contribution < -0.4 is 10.1 Å². The second-order valence-corrected chi connectivity index (χ2v) is 6.98. The largest absolute Gasteiger partial charge is 0.497 e. The molecule has 1 N–H and O–H groups in total. The first-order valence-corrected chi connectivity index (χ1v) is 9.31. The summed E-state index contributed by atoms with van der Waals surface area (Å²) in [4.78, 5) is 26.2. The average Bonchev–Trinajstić information content (AvgIpc) is 2.67. The molecule has 2 aromatic rings. The van der Waals surface area contributed by atoms with E-state index in [1.54, 1.807) is 32.1 Å². The fourth-order valence-electron chi connectivity index (χ4n) is 2.50. The molecule has 142 valence electrons. The van der Waals surface area contributed by atoms with Crippen LogP contribution >= 0.6 is 15.9 Å². The number of nitrogens with one attached hydrogen (secondary N) is 1. The van der Waals surface area contributed by atoms with Crippen molar-refractivity contribution in [2.75, 3.05) is 14.2 Å². The van der Waals surface area contributed by atoms with Crippen molar-refractivity contribution in [1.29, 1.82) is 0 Å². The van der Waals surface area contributed by atoms with Gasteiger partial charge in [0.25, 0.3) is 0 Å². The molecule has 0 saturated heterocycles. The van der Waals surface area contributed by atoms with E-state index >= 15 is 0 Å². The average molecular weight is 431 g/mol. The van der Waals surface area contributed by atoms with Crippen LogP contribution in [-0.2, 0) is 16.1 Å². The summed E-state index contributed by atoms with van der Waals surface area (Å²) in [6.07, 6.45) is 3.11. The summed E-state index contributed by atoms with van der Waals surface area (Å²) in [6, 6.07) is 14.5. The van der Waals surface area contributed by atoms with Gasteiger partial charge in [0.1, 0.15) is 11.8 Å². The molecule has 0 spiro atoms. The van der Waals surface area contributed by atoms with Crippen LogP contribution in [0.2, 0.25) is 0 Å².